The van der Waals surface area contributed by atoms with Crippen LogP contribution in [0, 0.1) is 5.82 Å². The minimum Gasteiger partial charge on any atom is -0.494 e. The maximum absolute atomic E-state index is 13.4. The molecule has 0 amide bonds. The van der Waals surface area contributed by atoms with Gasteiger partial charge in [-0.2, -0.15) is 0 Å². The number of benzene rings is 1. The minimum atomic E-state index is -0.890. The largest absolute Gasteiger partial charge is 0.494 e. The van der Waals surface area contributed by atoms with Crippen LogP contribution in [0.3, 0.4) is 0 Å². The Kier molecular flexibility index (Phi) is 2.92. The average molecular weight is 222 g/mol. The van der Waals surface area contributed by atoms with Crippen LogP contribution in [-0.4, -0.2) is 12.2 Å². The molecule has 1 heterocycles. The zero-order chi connectivity index (χ0) is 11.5. The number of furan rings is 1. The first-order valence-electron chi connectivity index (χ1n) is 4.76. The van der Waals surface area contributed by atoms with Gasteiger partial charge in [0.25, 0.3) is 0 Å². The second-order valence-corrected chi connectivity index (χ2v) is 3.35. The van der Waals surface area contributed by atoms with E-state index in [9.17, 15) is 9.50 Å². The summed E-state index contributed by atoms with van der Waals surface area (Å²) in [6.07, 6.45) is 1.99. The van der Waals surface area contributed by atoms with E-state index in [-0.39, 0.29) is 5.75 Å². The molecule has 84 valence electrons. The molecule has 1 aromatic heterocycles. The summed E-state index contributed by atoms with van der Waals surface area (Å²) < 4.78 is 23.0. The summed E-state index contributed by atoms with van der Waals surface area (Å²) in [6.45, 7) is 0. The molecule has 0 saturated carbocycles. The first kappa shape index (κ1) is 10.7. The van der Waals surface area contributed by atoms with Gasteiger partial charge in [-0.05, 0) is 23.8 Å². The standard InChI is InChI=1S/C12H11FO3/c1-15-11-3-2-8(6-10(11)13)12(14)9-4-5-16-7-9/h2-7,12,14H,1H3. The van der Waals surface area contributed by atoms with E-state index in [2.05, 4.69) is 0 Å². The van der Waals surface area contributed by atoms with Crippen molar-refractivity contribution in [3.63, 3.8) is 0 Å². The molecule has 4 heteroatoms. The Labute approximate surface area is 92.1 Å². The molecule has 2 aromatic rings. The zero-order valence-electron chi connectivity index (χ0n) is 8.68. The topological polar surface area (TPSA) is 42.6 Å². The lowest BCUT2D eigenvalue weighted by molar-refractivity contribution is 0.218. The van der Waals surface area contributed by atoms with Crippen LogP contribution in [0.15, 0.2) is 41.2 Å². The predicted octanol–water partition coefficient (Wildman–Crippen LogP) is 2.51. The SMILES string of the molecule is COc1ccc(C(O)c2ccoc2)cc1F. The number of ether oxygens (including phenoxy) is 1. The Morgan fingerprint density at radius 3 is 2.69 bits per heavy atom. The van der Waals surface area contributed by atoms with Gasteiger partial charge in [-0.15, -0.1) is 0 Å². The molecule has 1 unspecified atom stereocenters. The molecular weight excluding hydrogens is 211 g/mol. The minimum absolute atomic E-state index is 0.156. The number of methoxy groups -OCH3 is 1. The van der Waals surface area contributed by atoms with Gasteiger partial charge in [0.1, 0.15) is 6.10 Å². The van der Waals surface area contributed by atoms with Crippen molar-refractivity contribution in [1.29, 1.82) is 0 Å². The summed E-state index contributed by atoms with van der Waals surface area (Å²) in [6, 6.07) is 5.97. The quantitative estimate of drug-likeness (QED) is 0.867. The molecular formula is C12H11FO3. The Bertz CT molecular complexity index is 465. The Morgan fingerprint density at radius 1 is 1.31 bits per heavy atom. The molecule has 1 aromatic carbocycles. The number of aliphatic hydroxyl groups excluding tert-OH is 1. The molecule has 0 bridgehead atoms. The van der Waals surface area contributed by atoms with Crippen LogP contribution in [0.25, 0.3) is 0 Å². The Morgan fingerprint density at radius 2 is 2.12 bits per heavy atom. The normalized spacial score (nSPS) is 12.4. The summed E-state index contributed by atoms with van der Waals surface area (Å²) >= 11 is 0. The summed E-state index contributed by atoms with van der Waals surface area (Å²) in [5.41, 5.74) is 1.05. The van der Waals surface area contributed by atoms with E-state index in [4.69, 9.17) is 9.15 Å². The third-order valence-electron chi connectivity index (χ3n) is 2.35. The van der Waals surface area contributed by atoms with Crippen LogP contribution >= 0.6 is 0 Å². The predicted molar refractivity (Wildman–Crippen MR) is 55.7 cm³/mol. The first-order chi connectivity index (χ1) is 7.72. The molecule has 0 aliphatic heterocycles. The van der Waals surface area contributed by atoms with Crippen LogP contribution in [0.5, 0.6) is 5.75 Å². The smallest absolute Gasteiger partial charge is 0.165 e. The fourth-order valence-electron chi connectivity index (χ4n) is 1.48. The zero-order valence-corrected chi connectivity index (χ0v) is 8.68. The van der Waals surface area contributed by atoms with Crippen LogP contribution in [0.4, 0.5) is 4.39 Å². The lowest BCUT2D eigenvalue weighted by atomic mass is 10.0. The summed E-state index contributed by atoms with van der Waals surface area (Å²) in [7, 11) is 1.39. The average Bonchev–Trinajstić information content (AvgIpc) is 2.81. The maximum atomic E-state index is 13.4. The number of hydrogen-bond acceptors (Lipinski definition) is 3. The van der Waals surface area contributed by atoms with E-state index < -0.39 is 11.9 Å². The van der Waals surface area contributed by atoms with E-state index in [1.54, 1.807) is 12.1 Å². The molecule has 1 N–H and O–H groups in total. The molecule has 0 aliphatic carbocycles. The second kappa shape index (κ2) is 4.37. The summed E-state index contributed by atoms with van der Waals surface area (Å²) in [5.74, 6) is -0.342. The van der Waals surface area contributed by atoms with E-state index in [0.717, 1.165) is 0 Å². The van der Waals surface area contributed by atoms with Crippen molar-refractivity contribution < 1.29 is 18.7 Å². The molecule has 1 atom stereocenters. The lowest BCUT2D eigenvalue weighted by Crippen LogP contribution is -1.99. The number of rotatable bonds is 3. The van der Waals surface area contributed by atoms with Gasteiger partial charge in [-0.1, -0.05) is 6.07 Å². The van der Waals surface area contributed by atoms with Gasteiger partial charge in [-0.25, -0.2) is 4.39 Å². The van der Waals surface area contributed by atoms with E-state index in [0.29, 0.717) is 11.1 Å². The molecule has 0 radical (unpaired) electrons. The van der Waals surface area contributed by atoms with Crippen molar-refractivity contribution in [2.75, 3.05) is 7.11 Å². The van der Waals surface area contributed by atoms with Gasteiger partial charge in [0.05, 0.1) is 19.6 Å². The molecule has 16 heavy (non-hydrogen) atoms. The van der Waals surface area contributed by atoms with Crippen LogP contribution in [-0.2, 0) is 0 Å². The summed E-state index contributed by atoms with van der Waals surface area (Å²) in [5, 5.41) is 9.90. The molecule has 0 spiro atoms. The highest BCUT2D eigenvalue weighted by molar-refractivity contribution is 5.34. The molecule has 0 fully saturated rings. The van der Waals surface area contributed by atoms with Crippen LogP contribution < -0.4 is 4.74 Å². The van der Waals surface area contributed by atoms with Crippen LogP contribution in [0.2, 0.25) is 0 Å². The van der Waals surface area contributed by atoms with Crippen molar-refractivity contribution in [2.45, 2.75) is 6.10 Å². The molecule has 2 rings (SSSR count). The molecule has 3 nitrogen and oxygen atoms in total. The van der Waals surface area contributed by atoms with Gasteiger partial charge in [0.2, 0.25) is 0 Å². The Balaban J connectivity index is 2.31. The third-order valence-corrected chi connectivity index (χ3v) is 2.35. The van der Waals surface area contributed by atoms with Crippen molar-refractivity contribution >= 4 is 0 Å². The van der Waals surface area contributed by atoms with Crippen molar-refractivity contribution in [1.82, 2.24) is 0 Å². The van der Waals surface area contributed by atoms with E-state index in [1.165, 1.54) is 31.8 Å². The Hall–Kier alpha value is -1.81. The fourth-order valence-corrected chi connectivity index (χ4v) is 1.48. The van der Waals surface area contributed by atoms with Gasteiger partial charge in [0, 0.05) is 5.56 Å². The van der Waals surface area contributed by atoms with E-state index >= 15 is 0 Å². The highest BCUT2D eigenvalue weighted by atomic mass is 19.1. The molecule has 0 saturated heterocycles. The van der Waals surface area contributed by atoms with Crippen LogP contribution in [0.1, 0.15) is 17.2 Å². The number of halogens is 1. The molecule has 0 aliphatic rings. The lowest BCUT2D eigenvalue weighted by Gasteiger charge is -2.10. The fraction of sp³-hybridized carbons (Fsp3) is 0.167. The number of hydrogen-bond donors (Lipinski definition) is 1. The second-order valence-electron chi connectivity index (χ2n) is 3.35. The highest BCUT2D eigenvalue weighted by Crippen LogP contribution is 2.26. The third kappa shape index (κ3) is 1.92. The van der Waals surface area contributed by atoms with Gasteiger partial charge in [0.15, 0.2) is 11.6 Å². The number of aliphatic hydroxyl groups is 1. The highest BCUT2D eigenvalue weighted by Gasteiger charge is 2.13. The van der Waals surface area contributed by atoms with E-state index in [1.807, 2.05) is 0 Å². The van der Waals surface area contributed by atoms with Crippen molar-refractivity contribution in [3.8, 4) is 5.75 Å². The van der Waals surface area contributed by atoms with Gasteiger partial charge < -0.3 is 14.3 Å². The first-order valence-corrected chi connectivity index (χ1v) is 4.76. The van der Waals surface area contributed by atoms with Crippen molar-refractivity contribution in [3.05, 3.63) is 53.7 Å². The maximum Gasteiger partial charge on any atom is 0.165 e. The summed E-state index contributed by atoms with van der Waals surface area (Å²) in [4.78, 5) is 0. The van der Waals surface area contributed by atoms with Gasteiger partial charge in [-0.3, -0.25) is 0 Å². The van der Waals surface area contributed by atoms with Crippen molar-refractivity contribution in [2.24, 2.45) is 0 Å². The van der Waals surface area contributed by atoms with Gasteiger partial charge >= 0.3 is 0 Å². The monoisotopic (exact) mass is 222 g/mol.